The molecular formula is C23H26ClN3O6S. The Morgan fingerprint density at radius 3 is 2.50 bits per heavy atom. The number of aromatic nitrogens is 2. The maximum Gasteiger partial charge on any atom is 0.348 e. The number of esters is 2. The van der Waals surface area contributed by atoms with Crippen LogP contribution in [0.2, 0.25) is 5.02 Å². The summed E-state index contributed by atoms with van der Waals surface area (Å²) in [6.45, 7) is 9.53. The number of nitrogens with one attached hydrogen (secondary N) is 1. The molecular weight excluding hydrogens is 482 g/mol. The first-order chi connectivity index (χ1) is 16.2. The van der Waals surface area contributed by atoms with Gasteiger partial charge in [0.25, 0.3) is 5.91 Å². The zero-order valence-corrected chi connectivity index (χ0v) is 21.2. The van der Waals surface area contributed by atoms with E-state index in [0.29, 0.717) is 35.0 Å². The van der Waals surface area contributed by atoms with Gasteiger partial charge in [-0.05, 0) is 51.8 Å². The van der Waals surface area contributed by atoms with Gasteiger partial charge in [0.05, 0.1) is 41.7 Å². The van der Waals surface area contributed by atoms with Gasteiger partial charge in [-0.2, -0.15) is 5.10 Å². The van der Waals surface area contributed by atoms with Crippen molar-refractivity contribution < 1.29 is 28.3 Å². The molecule has 0 aliphatic rings. The highest BCUT2D eigenvalue weighted by Gasteiger charge is 2.28. The van der Waals surface area contributed by atoms with Gasteiger partial charge in [0.15, 0.2) is 5.76 Å². The number of aryl methyl sites for hydroxylation is 1. The van der Waals surface area contributed by atoms with Crippen LogP contribution in [-0.2, 0) is 16.0 Å². The molecule has 0 aliphatic heterocycles. The number of hydrogen-bond donors (Lipinski definition) is 1. The molecule has 0 unspecified atom stereocenters. The molecule has 1 amide bonds. The van der Waals surface area contributed by atoms with Gasteiger partial charge in [-0.1, -0.05) is 18.5 Å². The summed E-state index contributed by atoms with van der Waals surface area (Å²) in [5.74, 6) is -1.22. The molecule has 0 aliphatic carbocycles. The minimum atomic E-state index is -0.622. The number of furan rings is 1. The van der Waals surface area contributed by atoms with E-state index < -0.39 is 17.8 Å². The zero-order chi connectivity index (χ0) is 25.0. The van der Waals surface area contributed by atoms with Gasteiger partial charge in [-0.25, -0.2) is 9.59 Å². The van der Waals surface area contributed by atoms with Crippen molar-refractivity contribution in [1.29, 1.82) is 0 Å². The van der Waals surface area contributed by atoms with Gasteiger partial charge in [-0.3, -0.25) is 9.48 Å². The lowest BCUT2D eigenvalue weighted by atomic mass is 10.1. The second kappa shape index (κ2) is 10.9. The molecule has 0 atom stereocenters. The average Bonchev–Trinajstić information content (AvgIpc) is 3.46. The third-order valence-corrected chi connectivity index (χ3v) is 6.69. The molecule has 34 heavy (non-hydrogen) atoms. The molecule has 0 bridgehead atoms. The lowest BCUT2D eigenvalue weighted by molar-refractivity contribution is 0.0506. The fourth-order valence-electron chi connectivity index (χ4n) is 3.23. The van der Waals surface area contributed by atoms with Crippen LogP contribution < -0.4 is 5.32 Å². The van der Waals surface area contributed by atoms with Crippen molar-refractivity contribution >= 4 is 45.8 Å². The maximum atomic E-state index is 12.9. The Hall–Kier alpha value is -3.11. The number of amides is 1. The third-order valence-electron chi connectivity index (χ3n) is 4.96. The highest BCUT2D eigenvalue weighted by atomic mass is 35.5. The van der Waals surface area contributed by atoms with Crippen LogP contribution in [0.4, 0.5) is 5.00 Å². The smallest absolute Gasteiger partial charge is 0.348 e. The van der Waals surface area contributed by atoms with E-state index in [1.165, 1.54) is 6.07 Å². The van der Waals surface area contributed by atoms with Crippen molar-refractivity contribution in [3.05, 3.63) is 56.1 Å². The van der Waals surface area contributed by atoms with Gasteiger partial charge in [0, 0.05) is 0 Å². The van der Waals surface area contributed by atoms with Gasteiger partial charge in [-0.15, -0.1) is 11.3 Å². The molecule has 3 aromatic heterocycles. The van der Waals surface area contributed by atoms with E-state index in [2.05, 4.69) is 10.4 Å². The first-order valence-corrected chi connectivity index (χ1v) is 11.9. The summed E-state index contributed by atoms with van der Waals surface area (Å²) in [4.78, 5) is 38.1. The van der Waals surface area contributed by atoms with E-state index in [4.69, 9.17) is 25.5 Å². The van der Waals surface area contributed by atoms with Crippen molar-refractivity contribution in [3.63, 3.8) is 0 Å². The van der Waals surface area contributed by atoms with Crippen molar-refractivity contribution in [2.24, 2.45) is 0 Å². The van der Waals surface area contributed by atoms with Crippen LogP contribution in [0.3, 0.4) is 0 Å². The van der Waals surface area contributed by atoms with Crippen LogP contribution in [0, 0.1) is 20.8 Å². The zero-order valence-electron chi connectivity index (χ0n) is 19.6. The van der Waals surface area contributed by atoms with Gasteiger partial charge in [0.2, 0.25) is 0 Å². The third kappa shape index (κ3) is 5.34. The molecule has 3 aromatic rings. The average molecular weight is 508 g/mol. The minimum absolute atomic E-state index is 0.0410. The number of hydrogen-bond acceptors (Lipinski definition) is 8. The predicted molar refractivity (Wildman–Crippen MR) is 128 cm³/mol. The minimum Gasteiger partial charge on any atom is -0.462 e. The molecule has 3 rings (SSSR count). The summed E-state index contributed by atoms with van der Waals surface area (Å²) in [5.41, 5.74) is 2.01. The quantitative estimate of drug-likeness (QED) is 0.398. The Balaban J connectivity index is 1.84. The first-order valence-electron chi connectivity index (χ1n) is 10.7. The summed E-state index contributed by atoms with van der Waals surface area (Å²) in [6, 6.07) is 3.19. The normalized spacial score (nSPS) is 10.9. The topological polar surface area (TPSA) is 113 Å². The predicted octanol–water partition coefficient (Wildman–Crippen LogP) is 5.16. The van der Waals surface area contributed by atoms with Crippen LogP contribution in [-0.4, -0.2) is 40.8 Å². The van der Waals surface area contributed by atoms with Gasteiger partial charge in [0.1, 0.15) is 15.6 Å². The van der Waals surface area contributed by atoms with Crippen molar-refractivity contribution in [1.82, 2.24) is 9.78 Å². The maximum absolute atomic E-state index is 12.9. The Morgan fingerprint density at radius 2 is 1.88 bits per heavy atom. The molecule has 0 spiro atoms. The number of halogens is 1. The second-order valence-corrected chi connectivity index (χ2v) is 8.88. The Kier molecular flexibility index (Phi) is 8.16. The van der Waals surface area contributed by atoms with E-state index in [0.717, 1.165) is 17.0 Å². The number of thiophene rings is 1. The number of ether oxygens (including phenoxy) is 2. The van der Waals surface area contributed by atoms with E-state index in [1.807, 2.05) is 20.8 Å². The van der Waals surface area contributed by atoms with E-state index in [1.54, 1.807) is 24.6 Å². The van der Waals surface area contributed by atoms with Crippen LogP contribution in [0.25, 0.3) is 0 Å². The van der Waals surface area contributed by atoms with Crippen LogP contribution >= 0.6 is 22.9 Å². The molecule has 0 fully saturated rings. The number of carbonyl (C=O) groups excluding carboxylic acids is 3. The fraction of sp³-hybridized carbons (Fsp3) is 0.391. The van der Waals surface area contributed by atoms with Gasteiger partial charge < -0.3 is 19.2 Å². The van der Waals surface area contributed by atoms with Gasteiger partial charge >= 0.3 is 11.9 Å². The second-order valence-electron chi connectivity index (χ2n) is 7.48. The molecule has 182 valence electrons. The highest BCUT2D eigenvalue weighted by molar-refractivity contribution is 7.18. The summed E-state index contributed by atoms with van der Waals surface area (Å²) in [5, 5.41) is 7.81. The molecule has 3 heterocycles. The summed E-state index contributed by atoms with van der Waals surface area (Å²) in [6.07, 6.45) is 0.636. The molecule has 0 radical (unpaired) electrons. The van der Waals surface area contributed by atoms with Crippen molar-refractivity contribution in [2.45, 2.75) is 47.6 Å². The summed E-state index contributed by atoms with van der Waals surface area (Å²) < 4.78 is 17.7. The molecule has 1 N–H and O–H groups in total. The molecule has 11 heteroatoms. The number of nitrogens with zero attached hydrogens (tertiary/aromatic N) is 2. The lowest BCUT2D eigenvalue weighted by Gasteiger charge is -2.07. The van der Waals surface area contributed by atoms with E-state index in [-0.39, 0.29) is 34.4 Å². The standard InChI is InChI=1S/C23H26ClN3O6S/c1-6-10-32-22(29)17-12(3)19(23(30)31-7-2)34-21(17)25-20(28)16-9-8-15(33-16)11-27-14(5)18(24)13(4)26-27/h8-9H,6-7,10-11H2,1-5H3,(H,25,28). The summed E-state index contributed by atoms with van der Waals surface area (Å²) >= 11 is 7.15. The van der Waals surface area contributed by atoms with E-state index >= 15 is 0 Å². The number of carbonyl (C=O) groups is 3. The molecule has 9 nitrogen and oxygen atoms in total. The van der Waals surface area contributed by atoms with Crippen LogP contribution in [0.15, 0.2) is 16.5 Å². The van der Waals surface area contributed by atoms with Crippen LogP contribution in [0.1, 0.15) is 73.6 Å². The number of anilines is 1. The Bertz CT molecular complexity index is 1230. The first kappa shape index (κ1) is 25.5. The largest absolute Gasteiger partial charge is 0.462 e. The monoisotopic (exact) mass is 507 g/mol. The molecule has 0 saturated heterocycles. The van der Waals surface area contributed by atoms with Crippen LogP contribution in [0.5, 0.6) is 0 Å². The SMILES string of the molecule is CCCOC(=O)c1c(NC(=O)c2ccc(Cn3nc(C)c(Cl)c3C)o2)sc(C(=O)OCC)c1C. The van der Waals surface area contributed by atoms with E-state index in [9.17, 15) is 14.4 Å². The van der Waals surface area contributed by atoms with Crippen molar-refractivity contribution in [3.8, 4) is 0 Å². The fourth-order valence-corrected chi connectivity index (χ4v) is 4.45. The number of rotatable bonds is 9. The Morgan fingerprint density at radius 1 is 1.15 bits per heavy atom. The molecule has 0 saturated carbocycles. The Labute approximate surface area is 206 Å². The summed E-state index contributed by atoms with van der Waals surface area (Å²) in [7, 11) is 0. The highest BCUT2D eigenvalue weighted by Crippen LogP contribution is 2.35. The molecule has 0 aromatic carbocycles. The lowest BCUT2D eigenvalue weighted by Crippen LogP contribution is -2.14. The van der Waals surface area contributed by atoms with Crippen molar-refractivity contribution in [2.75, 3.05) is 18.5 Å².